The highest BCUT2D eigenvalue weighted by molar-refractivity contribution is 7.10. The van der Waals surface area contributed by atoms with E-state index >= 15 is 0 Å². The van der Waals surface area contributed by atoms with Crippen LogP contribution >= 0.6 is 11.3 Å². The summed E-state index contributed by atoms with van der Waals surface area (Å²) in [6.45, 7) is 0. The van der Waals surface area contributed by atoms with Crippen LogP contribution < -0.4 is 0 Å². The van der Waals surface area contributed by atoms with Crippen molar-refractivity contribution < 1.29 is 5.11 Å². The number of hydrogen-bond acceptors (Lipinski definition) is 2. The highest BCUT2D eigenvalue weighted by Gasteiger charge is 2.25. The fourth-order valence-corrected chi connectivity index (χ4v) is 3.01. The predicted molar refractivity (Wildman–Crippen MR) is 67.5 cm³/mol. The molecule has 3 rings (SSSR count). The lowest BCUT2D eigenvalue weighted by Gasteiger charge is -2.24. The van der Waals surface area contributed by atoms with E-state index in [1.807, 2.05) is 30.3 Å². The van der Waals surface area contributed by atoms with Crippen molar-refractivity contribution in [2.24, 2.45) is 0 Å². The van der Waals surface area contributed by atoms with Gasteiger partial charge in [-0.25, -0.2) is 0 Å². The highest BCUT2D eigenvalue weighted by atomic mass is 32.1. The Morgan fingerprint density at radius 3 is 2.75 bits per heavy atom. The van der Waals surface area contributed by atoms with Crippen molar-refractivity contribution >= 4 is 17.4 Å². The van der Waals surface area contributed by atoms with Gasteiger partial charge in [-0.1, -0.05) is 42.5 Å². The van der Waals surface area contributed by atoms with Gasteiger partial charge in [-0.05, 0) is 22.6 Å². The average molecular weight is 228 g/mol. The summed E-state index contributed by atoms with van der Waals surface area (Å²) in [5.41, 5.74) is 2.16. The van der Waals surface area contributed by atoms with E-state index in [-0.39, 0.29) is 5.92 Å². The van der Waals surface area contributed by atoms with E-state index in [0.717, 1.165) is 11.1 Å². The lowest BCUT2D eigenvalue weighted by molar-refractivity contribution is 0.161. The van der Waals surface area contributed by atoms with E-state index in [1.54, 1.807) is 11.3 Å². The van der Waals surface area contributed by atoms with Crippen LogP contribution in [0, 0.1) is 0 Å². The molecule has 1 N–H and O–H groups in total. The van der Waals surface area contributed by atoms with E-state index in [9.17, 15) is 5.11 Å². The molecule has 0 amide bonds. The molecule has 16 heavy (non-hydrogen) atoms. The van der Waals surface area contributed by atoms with Gasteiger partial charge in [0.05, 0.1) is 6.10 Å². The van der Waals surface area contributed by atoms with Gasteiger partial charge >= 0.3 is 0 Å². The number of hydrogen-bond donors (Lipinski definition) is 1. The van der Waals surface area contributed by atoms with Crippen LogP contribution in [0.4, 0.5) is 0 Å². The highest BCUT2D eigenvalue weighted by Crippen LogP contribution is 2.39. The predicted octanol–water partition coefficient (Wildman–Crippen LogP) is 3.59. The number of benzene rings is 1. The van der Waals surface area contributed by atoms with Crippen LogP contribution in [0.2, 0.25) is 0 Å². The third kappa shape index (κ3) is 1.51. The lowest BCUT2D eigenvalue weighted by atomic mass is 9.86. The number of aliphatic hydroxyl groups is 1. The quantitative estimate of drug-likeness (QED) is 0.790. The maximum Gasteiger partial charge on any atom is 0.0906 e. The standard InChI is InChI=1S/C14H12OS/c15-14-11-5-2-1-4-10(11)7-8-12(14)13-6-3-9-16-13/h1-9,12,14-15H/t12-,14-/m0/s1. The van der Waals surface area contributed by atoms with Crippen molar-refractivity contribution in [1.29, 1.82) is 0 Å². The molecule has 2 atom stereocenters. The van der Waals surface area contributed by atoms with Gasteiger partial charge in [0, 0.05) is 10.8 Å². The summed E-state index contributed by atoms with van der Waals surface area (Å²) in [7, 11) is 0. The van der Waals surface area contributed by atoms with Gasteiger partial charge in [0.1, 0.15) is 0 Å². The maximum absolute atomic E-state index is 10.3. The third-order valence-electron chi connectivity index (χ3n) is 3.01. The third-order valence-corrected chi connectivity index (χ3v) is 3.98. The van der Waals surface area contributed by atoms with Crippen molar-refractivity contribution in [2.45, 2.75) is 12.0 Å². The maximum atomic E-state index is 10.3. The summed E-state index contributed by atoms with van der Waals surface area (Å²) in [6.07, 6.45) is 3.78. The minimum atomic E-state index is -0.417. The second-order valence-corrected chi connectivity index (χ2v) is 4.95. The van der Waals surface area contributed by atoms with Gasteiger partial charge in [0.15, 0.2) is 0 Å². The van der Waals surface area contributed by atoms with Crippen LogP contribution in [0.3, 0.4) is 0 Å². The molecule has 1 aromatic carbocycles. The van der Waals surface area contributed by atoms with Crippen molar-refractivity contribution in [3.8, 4) is 0 Å². The smallest absolute Gasteiger partial charge is 0.0906 e. The van der Waals surface area contributed by atoms with Gasteiger partial charge in [-0.3, -0.25) is 0 Å². The fourth-order valence-electron chi connectivity index (χ4n) is 2.17. The molecule has 80 valence electrons. The molecule has 2 heteroatoms. The Bertz CT molecular complexity index is 513. The SMILES string of the molecule is O[C@H]1c2ccccc2C=C[C@H]1c1cccs1. The van der Waals surface area contributed by atoms with Crippen LogP contribution in [0.15, 0.2) is 47.9 Å². The zero-order valence-corrected chi connectivity index (χ0v) is 9.52. The van der Waals surface area contributed by atoms with Gasteiger partial charge in [0.25, 0.3) is 0 Å². The van der Waals surface area contributed by atoms with E-state index in [0.29, 0.717) is 0 Å². The van der Waals surface area contributed by atoms with E-state index in [1.165, 1.54) is 4.88 Å². The Morgan fingerprint density at radius 1 is 1.06 bits per heavy atom. The second kappa shape index (κ2) is 3.89. The van der Waals surface area contributed by atoms with Gasteiger partial charge in [0.2, 0.25) is 0 Å². The Hall–Kier alpha value is -1.38. The van der Waals surface area contributed by atoms with Crippen molar-refractivity contribution in [3.05, 3.63) is 63.9 Å². The van der Waals surface area contributed by atoms with Crippen molar-refractivity contribution in [1.82, 2.24) is 0 Å². The Kier molecular flexibility index (Phi) is 2.39. The molecule has 0 unspecified atom stereocenters. The first-order chi connectivity index (χ1) is 7.86. The Balaban J connectivity index is 2.04. The molecule has 0 spiro atoms. The van der Waals surface area contributed by atoms with Crippen molar-refractivity contribution in [2.75, 3.05) is 0 Å². The van der Waals surface area contributed by atoms with Crippen LogP contribution in [-0.2, 0) is 0 Å². The first-order valence-corrected chi connectivity index (χ1v) is 6.23. The molecular formula is C14H12OS. The molecule has 1 nitrogen and oxygen atoms in total. The Labute approximate surface area is 98.7 Å². The molecule has 0 radical (unpaired) electrons. The number of rotatable bonds is 1. The average Bonchev–Trinajstić information content (AvgIpc) is 2.83. The summed E-state index contributed by atoms with van der Waals surface area (Å²) < 4.78 is 0. The number of aliphatic hydroxyl groups excluding tert-OH is 1. The molecular weight excluding hydrogens is 216 g/mol. The summed E-state index contributed by atoms with van der Waals surface area (Å²) >= 11 is 1.70. The van der Waals surface area contributed by atoms with E-state index in [4.69, 9.17) is 0 Å². The lowest BCUT2D eigenvalue weighted by Crippen LogP contribution is -2.12. The van der Waals surface area contributed by atoms with Gasteiger partial charge in [-0.15, -0.1) is 11.3 Å². The van der Waals surface area contributed by atoms with Gasteiger partial charge in [-0.2, -0.15) is 0 Å². The molecule has 0 saturated carbocycles. The molecule has 2 aromatic rings. The summed E-state index contributed by atoms with van der Waals surface area (Å²) in [4.78, 5) is 1.22. The van der Waals surface area contributed by atoms with Crippen LogP contribution in [0.1, 0.15) is 28.0 Å². The minimum absolute atomic E-state index is 0.106. The molecule has 1 aliphatic rings. The molecule has 1 aromatic heterocycles. The Morgan fingerprint density at radius 2 is 1.94 bits per heavy atom. The fraction of sp³-hybridized carbons (Fsp3) is 0.143. The molecule has 1 heterocycles. The van der Waals surface area contributed by atoms with Gasteiger partial charge < -0.3 is 5.11 Å². The molecule has 1 aliphatic carbocycles. The normalized spacial score (nSPS) is 23.1. The van der Waals surface area contributed by atoms with E-state index in [2.05, 4.69) is 23.6 Å². The monoisotopic (exact) mass is 228 g/mol. The van der Waals surface area contributed by atoms with Crippen molar-refractivity contribution in [3.63, 3.8) is 0 Å². The largest absolute Gasteiger partial charge is 0.387 e. The number of fused-ring (bicyclic) bond motifs is 1. The molecule has 0 aliphatic heterocycles. The van der Waals surface area contributed by atoms with E-state index < -0.39 is 6.10 Å². The molecule has 0 saturated heterocycles. The topological polar surface area (TPSA) is 20.2 Å². The molecule has 0 fully saturated rings. The number of thiophene rings is 1. The minimum Gasteiger partial charge on any atom is -0.387 e. The first-order valence-electron chi connectivity index (χ1n) is 5.35. The van der Waals surface area contributed by atoms with Crippen LogP contribution in [-0.4, -0.2) is 5.11 Å². The summed E-state index contributed by atoms with van der Waals surface area (Å²) in [5.74, 6) is 0.106. The van der Waals surface area contributed by atoms with Crippen LogP contribution in [0.5, 0.6) is 0 Å². The zero-order valence-electron chi connectivity index (χ0n) is 8.71. The summed E-state index contributed by atoms with van der Waals surface area (Å²) in [6, 6.07) is 12.1. The zero-order chi connectivity index (χ0) is 11.0. The molecule has 0 bridgehead atoms. The van der Waals surface area contributed by atoms with Crippen LogP contribution in [0.25, 0.3) is 6.08 Å². The summed E-state index contributed by atoms with van der Waals surface area (Å²) in [5, 5.41) is 12.4. The second-order valence-electron chi connectivity index (χ2n) is 3.97. The first kappa shape index (κ1) is 9.82.